The Labute approximate surface area is 120 Å². The highest BCUT2D eigenvalue weighted by atomic mass is 19.1. The predicted octanol–water partition coefficient (Wildman–Crippen LogP) is 0.659. The van der Waals surface area contributed by atoms with Crippen LogP contribution in [0.25, 0.3) is 0 Å². The molecule has 0 atom stereocenters. The van der Waals surface area contributed by atoms with Gasteiger partial charge in [0.15, 0.2) is 0 Å². The van der Waals surface area contributed by atoms with E-state index in [-0.39, 0.29) is 36.2 Å². The summed E-state index contributed by atoms with van der Waals surface area (Å²) in [4.78, 5) is 29.8. The Balaban J connectivity index is 1.99. The quantitative estimate of drug-likeness (QED) is 0.770. The summed E-state index contributed by atoms with van der Waals surface area (Å²) in [6.45, 7) is 1.88. The molecule has 1 aromatic heterocycles. The molecule has 2 rings (SSSR count). The molecule has 1 heterocycles. The summed E-state index contributed by atoms with van der Waals surface area (Å²) in [5, 5.41) is 2.66. The maximum atomic E-state index is 12.8. The SMILES string of the molecule is Cc1nc(N)[nH]c(=O)c1CC(=O)NCc1ccc(F)cc1. The van der Waals surface area contributed by atoms with Crippen LogP contribution >= 0.6 is 0 Å². The molecule has 4 N–H and O–H groups in total. The minimum atomic E-state index is -0.420. The minimum absolute atomic E-state index is 0.0213. The average Bonchev–Trinajstić information content (AvgIpc) is 2.42. The molecule has 0 aliphatic rings. The van der Waals surface area contributed by atoms with Gasteiger partial charge >= 0.3 is 0 Å². The Bertz CT molecular complexity index is 710. The number of carbonyl (C=O) groups excluding carboxylic acids is 1. The molecule has 1 aromatic carbocycles. The van der Waals surface area contributed by atoms with Crippen LogP contribution in [0.4, 0.5) is 10.3 Å². The number of nitrogens with one attached hydrogen (secondary N) is 2. The maximum absolute atomic E-state index is 12.8. The number of carbonyl (C=O) groups is 1. The van der Waals surface area contributed by atoms with Crippen molar-refractivity contribution in [3.05, 3.63) is 57.3 Å². The van der Waals surface area contributed by atoms with Crippen molar-refractivity contribution in [2.45, 2.75) is 19.9 Å². The highest BCUT2D eigenvalue weighted by Gasteiger charge is 2.11. The number of aromatic nitrogens is 2. The van der Waals surface area contributed by atoms with Crippen LogP contribution in [0.5, 0.6) is 0 Å². The zero-order chi connectivity index (χ0) is 15.4. The molecule has 0 saturated heterocycles. The van der Waals surface area contributed by atoms with Gasteiger partial charge in [0.2, 0.25) is 11.9 Å². The van der Waals surface area contributed by atoms with Gasteiger partial charge in [0, 0.05) is 12.1 Å². The van der Waals surface area contributed by atoms with Crippen molar-refractivity contribution in [2.24, 2.45) is 0 Å². The summed E-state index contributed by atoms with van der Waals surface area (Å²) in [6, 6.07) is 5.80. The summed E-state index contributed by atoms with van der Waals surface area (Å²) < 4.78 is 12.8. The lowest BCUT2D eigenvalue weighted by Crippen LogP contribution is -2.29. The topological polar surface area (TPSA) is 101 Å². The normalized spacial score (nSPS) is 10.4. The smallest absolute Gasteiger partial charge is 0.256 e. The van der Waals surface area contributed by atoms with Gasteiger partial charge in [0.1, 0.15) is 5.82 Å². The van der Waals surface area contributed by atoms with Crippen LogP contribution in [-0.2, 0) is 17.8 Å². The number of anilines is 1. The van der Waals surface area contributed by atoms with Crippen molar-refractivity contribution < 1.29 is 9.18 Å². The van der Waals surface area contributed by atoms with E-state index in [9.17, 15) is 14.0 Å². The zero-order valence-electron chi connectivity index (χ0n) is 11.4. The van der Waals surface area contributed by atoms with Gasteiger partial charge in [-0.05, 0) is 24.6 Å². The van der Waals surface area contributed by atoms with Crippen molar-refractivity contribution in [1.82, 2.24) is 15.3 Å². The van der Waals surface area contributed by atoms with Crippen molar-refractivity contribution in [2.75, 3.05) is 5.73 Å². The number of amides is 1. The Morgan fingerprint density at radius 2 is 2.05 bits per heavy atom. The van der Waals surface area contributed by atoms with E-state index in [0.717, 1.165) is 5.56 Å². The molecule has 0 bridgehead atoms. The first-order valence-corrected chi connectivity index (χ1v) is 6.32. The van der Waals surface area contributed by atoms with Gasteiger partial charge in [-0.3, -0.25) is 14.6 Å². The van der Waals surface area contributed by atoms with E-state index in [2.05, 4.69) is 15.3 Å². The summed E-state index contributed by atoms with van der Waals surface area (Å²) in [7, 11) is 0. The van der Waals surface area contributed by atoms with Crippen LogP contribution in [-0.4, -0.2) is 15.9 Å². The molecule has 1 amide bonds. The molecule has 2 aromatic rings. The lowest BCUT2D eigenvalue weighted by atomic mass is 10.1. The number of H-pyrrole nitrogens is 1. The van der Waals surface area contributed by atoms with E-state index in [4.69, 9.17) is 5.73 Å². The minimum Gasteiger partial charge on any atom is -0.369 e. The number of aromatic amines is 1. The Hall–Kier alpha value is -2.70. The molecule has 0 spiro atoms. The number of nitrogen functional groups attached to an aromatic ring is 1. The summed E-state index contributed by atoms with van der Waals surface area (Å²) in [6.07, 6.45) is -0.0877. The molecular formula is C14H15FN4O2. The number of aryl methyl sites for hydroxylation is 1. The van der Waals surface area contributed by atoms with Gasteiger partial charge in [0.25, 0.3) is 5.56 Å². The molecule has 0 radical (unpaired) electrons. The first kappa shape index (κ1) is 14.7. The number of hydrogen-bond acceptors (Lipinski definition) is 4. The van der Waals surface area contributed by atoms with Crippen LogP contribution in [0, 0.1) is 12.7 Å². The van der Waals surface area contributed by atoms with E-state index in [1.165, 1.54) is 12.1 Å². The maximum Gasteiger partial charge on any atom is 0.256 e. The van der Waals surface area contributed by atoms with Crippen LogP contribution < -0.4 is 16.6 Å². The first-order chi connectivity index (χ1) is 9.95. The Morgan fingerprint density at radius 1 is 1.38 bits per heavy atom. The third kappa shape index (κ3) is 3.88. The van der Waals surface area contributed by atoms with E-state index in [0.29, 0.717) is 5.69 Å². The van der Waals surface area contributed by atoms with E-state index < -0.39 is 5.56 Å². The standard InChI is InChI=1S/C14H15FN4O2/c1-8-11(13(21)19-14(16)18-8)6-12(20)17-7-9-2-4-10(15)5-3-9/h2-5H,6-7H2,1H3,(H,17,20)(H3,16,18,19,21). The van der Waals surface area contributed by atoms with Crippen LogP contribution in [0.3, 0.4) is 0 Å². The largest absolute Gasteiger partial charge is 0.369 e. The number of halogens is 1. The fourth-order valence-electron chi connectivity index (χ4n) is 1.87. The molecule has 0 aliphatic heterocycles. The predicted molar refractivity (Wildman–Crippen MR) is 76.0 cm³/mol. The van der Waals surface area contributed by atoms with Crippen LogP contribution in [0.15, 0.2) is 29.1 Å². The summed E-state index contributed by atoms with van der Waals surface area (Å²) in [5.41, 5.74) is 6.46. The second-order valence-electron chi connectivity index (χ2n) is 4.60. The molecular weight excluding hydrogens is 275 g/mol. The number of benzene rings is 1. The van der Waals surface area contributed by atoms with Gasteiger partial charge in [-0.15, -0.1) is 0 Å². The van der Waals surface area contributed by atoms with Gasteiger partial charge in [-0.2, -0.15) is 0 Å². The van der Waals surface area contributed by atoms with Crippen molar-refractivity contribution in [1.29, 1.82) is 0 Å². The Morgan fingerprint density at radius 3 is 2.67 bits per heavy atom. The van der Waals surface area contributed by atoms with Gasteiger partial charge in [-0.25, -0.2) is 9.37 Å². The average molecular weight is 290 g/mol. The van der Waals surface area contributed by atoms with Crippen molar-refractivity contribution in [3.8, 4) is 0 Å². The molecule has 0 fully saturated rings. The van der Waals surface area contributed by atoms with Crippen LogP contribution in [0.1, 0.15) is 16.8 Å². The fraction of sp³-hybridized carbons (Fsp3) is 0.214. The summed E-state index contributed by atoms with van der Waals surface area (Å²) >= 11 is 0. The van der Waals surface area contributed by atoms with E-state index in [1.807, 2.05) is 0 Å². The lowest BCUT2D eigenvalue weighted by Gasteiger charge is -2.07. The van der Waals surface area contributed by atoms with Crippen molar-refractivity contribution in [3.63, 3.8) is 0 Å². The molecule has 6 nitrogen and oxygen atoms in total. The van der Waals surface area contributed by atoms with Gasteiger partial charge in [0.05, 0.1) is 12.1 Å². The van der Waals surface area contributed by atoms with Gasteiger partial charge in [-0.1, -0.05) is 12.1 Å². The molecule has 0 aliphatic carbocycles. The number of nitrogens with two attached hydrogens (primary N) is 1. The van der Waals surface area contributed by atoms with E-state index >= 15 is 0 Å². The highest BCUT2D eigenvalue weighted by molar-refractivity contribution is 5.78. The molecule has 7 heteroatoms. The lowest BCUT2D eigenvalue weighted by molar-refractivity contribution is -0.120. The van der Waals surface area contributed by atoms with Crippen LogP contribution in [0.2, 0.25) is 0 Å². The highest BCUT2D eigenvalue weighted by Crippen LogP contribution is 2.04. The molecule has 21 heavy (non-hydrogen) atoms. The van der Waals surface area contributed by atoms with Crippen molar-refractivity contribution >= 4 is 11.9 Å². The first-order valence-electron chi connectivity index (χ1n) is 6.32. The summed E-state index contributed by atoms with van der Waals surface area (Å²) in [5.74, 6) is -0.632. The van der Waals surface area contributed by atoms with Gasteiger partial charge < -0.3 is 11.1 Å². The monoisotopic (exact) mass is 290 g/mol. The number of nitrogens with zero attached hydrogens (tertiary/aromatic N) is 1. The molecule has 0 unspecified atom stereocenters. The second kappa shape index (κ2) is 6.17. The zero-order valence-corrected chi connectivity index (χ0v) is 11.4. The third-order valence-electron chi connectivity index (χ3n) is 2.98. The molecule has 0 saturated carbocycles. The van der Waals surface area contributed by atoms with E-state index in [1.54, 1.807) is 19.1 Å². The molecule has 110 valence electrons. The number of rotatable bonds is 4. The third-order valence-corrected chi connectivity index (χ3v) is 2.98. The Kier molecular flexibility index (Phi) is 4.32. The number of hydrogen-bond donors (Lipinski definition) is 3. The second-order valence-corrected chi connectivity index (χ2v) is 4.60. The fourth-order valence-corrected chi connectivity index (χ4v) is 1.87.